The average molecular weight is 406 g/mol. The van der Waals surface area contributed by atoms with Gasteiger partial charge in [-0.3, -0.25) is 0 Å². The number of benzene rings is 2. The third kappa shape index (κ3) is 3.84. The summed E-state index contributed by atoms with van der Waals surface area (Å²) in [5.74, 6) is 0.171. The molecule has 5 nitrogen and oxygen atoms in total. The minimum atomic E-state index is -3.88. The van der Waals surface area contributed by atoms with Crippen molar-refractivity contribution in [3.8, 4) is 11.5 Å². The monoisotopic (exact) mass is 405 g/mol. The number of sulfonamides is 1. The van der Waals surface area contributed by atoms with E-state index in [1.54, 1.807) is 6.92 Å². The van der Waals surface area contributed by atoms with Gasteiger partial charge in [0.05, 0.1) is 9.92 Å². The van der Waals surface area contributed by atoms with Gasteiger partial charge in [-0.05, 0) is 36.8 Å². The molecule has 1 aliphatic rings. The van der Waals surface area contributed by atoms with Crippen LogP contribution in [-0.4, -0.2) is 21.6 Å². The molecule has 1 heterocycles. The van der Waals surface area contributed by atoms with Gasteiger partial charge in [-0.2, -0.15) is 0 Å². The highest BCUT2D eigenvalue weighted by Gasteiger charge is 2.23. The van der Waals surface area contributed by atoms with E-state index in [1.165, 1.54) is 24.3 Å². The summed E-state index contributed by atoms with van der Waals surface area (Å²) in [6.07, 6.45) is 0. The van der Waals surface area contributed by atoms with Crippen LogP contribution in [0.4, 0.5) is 4.39 Å². The van der Waals surface area contributed by atoms with Crippen LogP contribution in [0.1, 0.15) is 18.5 Å². The second-order valence-electron chi connectivity index (χ2n) is 5.44. The maximum atomic E-state index is 13.7. The van der Waals surface area contributed by atoms with Crippen molar-refractivity contribution in [2.75, 3.05) is 13.2 Å². The van der Waals surface area contributed by atoms with Crippen molar-refractivity contribution in [3.05, 3.63) is 51.8 Å². The lowest BCUT2D eigenvalue weighted by molar-refractivity contribution is 0.171. The molecule has 2 aromatic rings. The molecule has 0 aromatic heterocycles. The largest absolute Gasteiger partial charge is 0.486 e. The second-order valence-corrected chi connectivity index (χ2v) is 7.96. The SMILES string of the molecule is C[C@H](NS(=O)(=O)c1ccc2c(c1)OCCO2)c1cc(F)c(Cl)cc1Cl. The van der Waals surface area contributed by atoms with Gasteiger partial charge in [-0.25, -0.2) is 17.5 Å². The van der Waals surface area contributed by atoms with Crippen LogP contribution in [0.2, 0.25) is 10.0 Å². The van der Waals surface area contributed by atoms with Crippen molar-refractivity contribution in [2.45, 2.75) is 17.9 Å². The Morgan fingerprint density at radius 1 is 1.08 bits per heavy atom. The zero-order chi connectivity index (χ0) is 18.2. The molecule has 134 valence electrons. The Kier molecular flexibility index (Phi) is 5.11. The van der Waals surface area contributed by atoms with Gasteiger partial charge >= 0.3 is 0 Å². The van der Waals surface area contributed by atoms with Gasteiger partial charge in [-0.15, -0.1) is 0 Å². The van der Waals surface area contributed by atoms with Gasteiger partial charge < -0.3 is 9.47 Å². The lowest BCUT2D eigenvalue weighted by Gasteiger charge is -2.20. The number of ether oxygens (including phenoxy) is 2. The first-order valence-corrected chi connectivity index (χ1v) is 9.58. The molecular weight excluding hydrogens is 392 g/mol. The molecule has 0 fully saturated rings. The minimum absolute atomic E-state index is 0.00848. The molecule has 1 atom stereocenters. The molecule has 0 unspecified atom stereocenters. The minimum Gasteiger partial charge on any atom is -0.486 e. The maximum absolute atomic E-state index is 13.7. The van der Waals surface area contributed by atoms with Gasteiger partial charge in [0.15, 0.2) is 11.5 Å². The summed E-state index contributed by atoms with van der Waals surface area (Å²) in [7, 11) is -3.88. The molecule has 25 heavy (non-hydrogen) atoms. The van der Waals surface area contributed by atoms with E-state index in [0.717, 1.165) is 6.07 Å². The Bertz CT molecular complexity index is 921. The van der Waals surface area contributed by atoms with Gasteiger partial charge in [-0.1, -0.05) is 23.2 Å². The quantitative estimate of drug-likeness (QED) is 0.782. The van der Waals surface area contributed by atoms with Crippen LogP contribution in [0.3, 0.4) is 0 Å². The van der Waals surface area contributed by atoms with Crippen LogP contribution in [0, 0.1) is 5.82 Å². The number of nitrogens with one attached hydrogen (secondary N) is 1. The Labute approximate surface area is 154 Å². The van der Waals surface area contributed by atoms with Crippen molar-refractivity contribution >= 4 is 33.2 Å². The third-order valence-corrected chi connectivity index (χ3v) is 5.82. The smallest absolute Gasteiger partial charge is 0.241 e. The zero-order valence-corrected chi connectivity index (χ0v) is 15.4. The molecule has 0 amide bonds. The van der Waals surface area contributed by atoms with Crippen LogP contribution in [0.25, 0.3) is 0 Å². The number of hydrogen-bond acceptors (Lipinski definition) is 4. The molecule has 0 spiro atoms. The standard InChI is InChI=1S/C16H14Cl2FNO4S/c1-9(11-7-14(19)13(18)8-12(11)17)20-25(21,22)10-2-3-15-16(6-10)24-5-4-23-15/h2-3,6-9,20H,4-5H2,1H3/t9-/m0/s1. The molecule has 0 aliphatic carbocycles. The maximum Gasteiger partial charge on any atom is 0.241 e. The molecule has 1 N–H and O–H groups in total. The first-order chi connectivity index (χ1) is 11.8. The van der Waals surface area contributed by atoms with Crippen LogP contribution in [-0.2, 0) is 10.0 Å². The van der Waals surface area contributed by atoms with Crippen LogP contribution in [0.15, 0.2) is 35.2 Å². The van der Waals surface area contributed by atoms with E-state index in [-0.39, 0.29) is 20.5 Å². The Morgan fingerprint density at radius 3 is 2.48 bits per heavy atom. The van der Waals surface area contributed by atoms with E-state index in [4.69, 9.17) is 32.7 Å². The van der Waals surface area contributed by atoms with Crippen LogP contribution >= 0.6 is 23.2 Å². The molecular formula is C16H14Cl2FNO4S. The van der Waals surface area contributed by atoms with Gasteiger partial charge in [0, 0.05) is 17.1 Å². The Balaban J connectivity index is 1.87. The van der Waals surface area contributed by atoms with Gasteiger partial charge in [0.25, 0.3) is 0 Å². The molecule has 9 heteroatoms. The highest BCUT2D eigenvalue weighted by molar-refractivity contribution is 7.89. The summed E-state index contributed by atoms with van der Waals surface area (Å²) >= 11 is 11.7. The van der Waals surface area contributed by atoms with E-state index in [2.05, 4.69) is 4.72 Å². The fourth-order valence-corrected chi connectivity index (χ4v) is 4.21. The summed E-state index contributed by atoms with van der Waals surface area (Å²) in [4.78, 5) is 0.00848. The average Bonchev–Trinajstić information content (AvgIpc) is 2.57. The highest BCUT2D eigenvalue weighted by atomic mass is 35.5. The Hall–Kier alpha value is -1.54. The third-order valence-electron chi connectivity index (χ3n) is 3.66. The van der Waals surface area contributed by atoms with Crippen LogP contribution < -0.4 is 14.2 Å². The Morgan fingerprint density at radius 2 is 1.76 bits per heavy atom. The molecule has 2 aromatic carbocycles. The van der Waals surface area contributed by atoms with E-state index >= 15 is 0 Å². The molecule has 0 bridgehead atoms. The van der Waals surface area contributed by atoms with Crippen molar-refractivity contribution < 1.29 is 22.3 Å². The number of fused-ring (bicyclic) bond motifs is 1. The van der Waals surface area contributed by atoms with Gasteiger partial charge in [0.2, 0.25) is 10.0 Å². The van der Waals surface area contributed by atoms with E-state index in [1.807, 2.05) is 0 Å². The zero-order valence-electron chi connectivity index (χ0n) is 13.1. The molecule has 0 saturated heterocycles. The van der Waals surface area contributed by atoms with Crippen molar-refractivity contribution in [3.63, 3.8) is 0 Å². The summed E-state index contributed by atoms with van der Waals surface area (Å²) in [6.45, 7) is 2.32. The fourth-order valence-electron chi connectivity index (χ4n) is 2.42. The lowest BCUT2D eigenvalue weighted by Crippen LogP contribution is -2.27. The second kappa shape index (κ2) is 6.99. The predicted octanol–water partition coefficient (Wildman–Crippen LogP) is 3.94. The number of halogens is 3. The van der Waals surface area contributed by atoms with Gasteiger partial charge in [0.1, 0.15) is 19.0 Å². The predicted molar refractivity (Wildman–Crippen MR) is 92.6 cm³/mol. The number of rotatable bonds is 4. The molecule has 3 rings (SSSR count). The van der Waals surface area contributed by atoms with Crippen molar-refractivity contribution in [2.24, 2.45) is 0 Å². The topological polar surface area (TPSA) is 64.6 Å². The summed E-state index contributed by atoms with van der Waals surface area (Å²) < 4.78 is 52.1. The van der Waals surface area contributed by atoms with Crippen LogP contribution in [0.5, 0.6) is 11.5 Å². The fraction of sp³-hybridized carbons (Fsp3) is 0.250. The van der Waals surface area contributed by atoms with E-state index in [9.17, 15) is 12.8 Å². The summed E-state index contributed by atoms with van der Waals surface area (Å²) in [5.41, 5.74) is 0.282. The first-order valence-electron chi connectivity index (χ1n) is 7.34. The molecule has 0 saturated carbocycles. The summed E-state index contributed by atoms with van der Waals surface area (Å²) in [6, 6.07) is 5.91. The molecule has 0 radical (unpaired) electrons. The van der Waals surface area contributed by atoms with Crippen molar-refractivity contribution in [1.29, 1.82) is 0 Å². The van der Waals surface area contributed by atoms with E-state index in [0.29, 0.717) is 24.7 Å². The normalized spacial score (nSPS) is 15.0. The van der Waals surface area contributed by atoms with E-state index < -0.39 is 21.9 Å². The van der Waals surface area contributed by atoms with Crippen molar-refractivity contribution in [1.82, 2.24) is 4.72 Å². The summed E-state index contributed by atoms with van der Waals surface area (Å²) in [5, 5.41) is 0.0411. The first kappa shape index (κ1) is 18.3. The lowest BCUT2D eigenvalue weighted by atomic mass is 10.1. The molecule has 1 aliphatic heterocycles. The number of hydrogen-bond donors (Lipinski definition) is 1. The highest BCUT2D eigenvalue weighted by Crippen LogP contribution is 2.33.